The molecule has 1 saturated heterocycles. The van der Waals surface area contributed by atoms with Crippen LogP contribution in [0.4, 0.5) is 0 Å². The number of carbonyl (C=O) groups is 1. The quantitative estimate of drug-likeness (QED) is 0.657. The van der Waals surface area contributed by atoms with Gasteiger partial charge in [-0.2, -0.15) is 5.26 Å². The summed E-state index contributed by atoms with van der Waals surface area (Å²) in [5, 5.41) is 8.65. The minimum atomic E-state index is -0.688. The monoisotopic (exact) mass is 210 g/mol. The van der Waals surface area contributed by atoms with Gasteiger partial charge < -0.3 is 9.64 Å². The van der Waals surface area contributed by atoms with Crippen molar-refractivity contribution in [1.29, 1.82) is 5.26 Å². The number of nitrogens with zero attached hydrogens (tertiary/aromatic N) is 2. The first-order chi connectivity index (χ1) is 7.14. The zero-order chi connectivity index (χ0) is 11.3. The summed E-state index contributed by atoms with van der Waals surface area (Å²) < 4.78 is 5.48. The average molecular weight is 210 g/mol. The molecule has 1 rings (SSSR count). The Hall–Kier alpha value is -1.08. The number of rotatable bonds is 4. The van der Waals surface area contributed by atoms with Crippen LogP contribution in [0, 0.1) is 11.3 Å². The van der Waals surface area contributed by atoms with E-state index in [1.54, 1.807) is 4.90 Å². The van der Waals surface area contributed by atoms with Crippen LogP contribution in [-0.4, -0.2) is 36.1 Å². The Morgan fingerprint density at radius 1 is 1.67 bits per heavy atom. The molecule has 1 aliphatic rings. The molecule has 0 radical (unpaired) electrons. The Morgan fingerprint density at radius 3 is 2.87 bits per heavy atom. The van der Waals surface area contributed by atoms with Crippen molar-refractivity contribution in [2.45, 2.75) is 38.7 Å². The van der Waals surface area contributed by atoms with Gasteiger partial charge in [-0.1, -0.05) is 6.92 Å². The molecular formula is C11H18N2O2. The lowest BCUT2D eigenvalue weighted by molar-refractivity contribution is -0.150. The van der Waals surface area contributed by atoms with Crippen LogP contribution in [0.25, 0.3) is 0 Å². The first kappa shape index (κ1) is 12.0. The lowest BCUT2D eigenvalue weighted by Gasteiger charge is -2.29. The molecule has 1 heterocycles. The Kier molecular flexibility index (Phi) is 4.10. The van der Waals surface area contributed by atoms with Crippen molar-refractivity contribution < 1.29 is 9.53 Å². The van der Waals surface area contributed by atoms with Crippen LogP contribution in [0.15, 0.2) is 0 Å². The van der Waals surface area contributed by atoms with Gasteiger partial charge in [0.05, 0.1) is 6.07 Å². The van der Waals surface area contributed by atoms with Crippen LogP contribution >= 0.6 is 0 Å². The molecule has 1 fully saturated rings. The van der Waals surface area contributed by atoms with Crippen molar-refractivity contribution in [2.75, 3.05) is 19.7 Å². The van der Waals surface area contributed by atoms with Crippen molar-refractivity contribution in [2.24, 2.45) is 0 Å². The summed E-state index contributed by atoms with van der Waals surface area (Å²) in [5.74, 6) is -0.0385. The second-order valence-corrected chi connectivity index (χ2v) is 4.07. The van der Waals surface area contributed by atoms with Crippen molar-refractivity contribution in [1.82, 2.24) is 4.90 Å². The molecule has 4 nitrogen and oxygen atoms in total. The molecule has 0 spiro atoms. The molecule has 1 amide bonds. The Labute approximate surface area is 90.8 Å². The zero-order valence-corrected chi connectivity index (χ0v) is 9.45. The Balaban J connectivity index is 2.66. The van der Waals surface area contributed by atoms with E-state index in [0.29, 0.717) is 13.2 Å². The van der Waals surface area contributed by atoms with Crippen LogP contribution in [0.2, 0.25) is 0 Å². The maximum Gasteiger partial charge on any atom is 0.255 e. The maximum atomic E-state index is 12.1. The first-order valence-electron chi connectivity index (χ1n) is 5.44. The summed E-state index contributed by atoms with van der Waals surface area (Å²) in [6.45, 7) is 5.25. The van der Waals surface area contributed by atoms with Crippen molar-refractivity contribution >= 4 is 5.91 Å². The molecule has 0 aromatic rings. The normalized spacial score (nSPS) is 24.9. The van der Waals surface area contributed by atoms with E-state index in [0.717, 1.165) is 19.3 Å². The van der Waals surface area contributed by atoms with Crippen molar-refractivity contribution in [3.8, 4) is 6.07 Å². The van der Waals surface area contributed by atoms with Gasteiger partial charge in [-0.25, -0.2) is 0 Å². The van der Waals surface area contributed by atoms with Gasteiger partial charge in [-0.15, -0.1) is 0 Å². The predicted octanol–water partition coefficient (Wildman–Crippen LogP) is 1.32. The Bertz CT molecular complexity index is 264. The molecule has 0 saturated carbocycles. The molecule has 0 aromatic heterocycles. The van der Waals surface area contributed by atoms with Gasteiger partial charge in [0.1, 0.15) is 12.1 Å². The fourth-order valence-corrected chi connectivity index (χ4v) is 1.89. The van der Waals surface area contributed by atoms with E-state index in [1.807, 2.05) is 19.9 Å². The van der Waals surface area contributed by atoms with E-state index < -0.39 is 5.60 Å². The third kappa shape index (κ3) is 2.69. The molecule has 0 aliphatic carbocycles. The molecule has 1 unspecified atom stereocenters. The van der Waals surface area contributed by atoms with Crippen LogP contribution in [0.5, 0.6) is 0 Å². The largest absolute Gasteiger partial charge is 0.365 e. The van der Waals surface area contributed by atoms with Crippen LogP contribution in [0.1, 0.15) is 33.1 Å². The van der Waals surface area contributed by atoms with E-state index >= 15 is 0 Å². The third-order valence-corrected chi connectivity index (χ3v) is 2.71. The van der Waals surface area contributed by atoms with Gasteiger partial charge >= 0.3 is 0 Å². The molecule has 15 heavy (non-hydrogen) atoms. The van der Waals surface area contributed by atoms with Crippen molar-refractivity contribution in [3.63, 3.8) is 0 Å². The van der Waals surface area contributed by atoms with E-state index in [1.165, 1.54) is 0 Å². The van der Waals surface area contributed by atoms with E-state index in [4.69, 9.17) is 10.00 Å². The number of hydrogen-bond donors (Lipinski definition) is 0. The molecule has 0 bridgehead atoms. The fraction of sp³-hybridized carbons (Fsp3) is 0.818. The summed E-state index contributed by atoms with van der Waals surface area (Å²) in [6.07, 6.45) is 2.55. The third-order valence-electron chi connectivity index (χ3n) is 2.71. The highest BCUT2D eigenvalue weighted by Crippen LogP contribution is 2.27. The number of carbonyl (C=O) groups excluding carboxylic acids is 1. The number of nitriles is 1. The summed E-state index contributed by atoms with van der Waals surface area (Å²) in [5.41, 5.74) is -0.688. The highest BCUT2D eigenvalue weighted by Gasteiger charge is 2.40. The number of ether oxygens (including phenoxy) is 1. The van der Waals surface area contributed by atoms with Crippen LogP contribution in [0.3, 0.4) is 0 Å². The number of hydrogen-bond acceptors (Lipinski definition) is 3. The molecule has 1 atom stereocenters. The lowest BCUT2D eigenvalue weighted by Crippen LogP contribution is -2.47. The smallest absolute Gasteiger partial charge is 0.255 e. The average Bonchev–Trinajstić information content (AvgIpc) is 2.65. The van der Waals surface area contributed by atoms with Gasteiger partial charge in [0.25, 0.3) is 5.91 Å². The van der Waals surface area contributed by atoms with Crippen molar-refractivity contribution in [3.05, 3.63) is 0 Å². The molecule has 4 heteroatoms. The molecule has 0 aromatic carbocycles. The first-order valence-corrected chi connectivity index (χ1v) is 5.44. The van der Waals surface area contributed by atoms with Gasteiger partial charge in [0, 0.05) is 13.2 Å². The second kappa shape index (κ2) is 5.13. The highest BCUT2D eigenvalue weighted by molar-refractivity contribution is 5.85. The standard InChI is InChI=1S/C11H18N2O2/c1-3-7-13(8-6-12)10(14)11(2)5-4-9-15-11/h3-5,7-9H2,1-2H3. The van der Waals surface area contributed by atoms with Gasteiger partial charge in [0.15, 0.2) is 0 Å². The molecule has 84 valence electrons. The zero-order valence-electron chi connectivity index (χ0n) is 9.45. The second-order valence-electron chi connectivity index (χ2n) is 4.07. The van der Waals surface area contributed by atoms with Gasteiger partial charge in [-0.3, -0.25) is 4.79 Å². The molecular weight excluding hydrogens is 192 g/mol. The SMILES string of the molecule is CCCN(CC#N)C(=O)C1(C)CCCO1. The van der Waals surface area contributed by atoms with Gasteiger partial charge in [0.2, 0.25) is 0 Å². The van der Waals surface area contributed by atoms with E-state index in [2.05, 4.69) is 0 Å². The molecule has 0 N–H and O–H groups in total. The van der Waals surface area contributed by atoms with Gasteiger partial charge in [-0.05, 0) is 26.2 Å². The minimum absolute atomic E-state index is 0.0385. The summed E-state index contributed by atoms with van der Waals surface area (Å²) in [4.78, 5) is 13.7. The Morgan fingerprint density at radius 2 is 2.40 bits per heavy atom. The predicted molar refractivity (Wildman–Crippen MR) is 56.1 cm³/mol. The summed E-state index contributed by atoms with van der Waals surface area (Å²) >= 11 is 0. The van der Waals surface area contributed by atoms with E-state index in [-0.39, 0.29) is 12.5 Å². The highest BCUT2D eigenvalue weighted by atomic mass is 16.5. The minimum Gasteiger partial charge on any atom is -0.365 e. The summed E-state index contributed by atoms with van der Waals surface area (Å²) in [7, 11) is 0. The maximum absolute atomic E-state index is 12.1. The topological polar surface area (TPSA) is 53.3 Å². The lowest BCUT2D eigenvalue weighted by atomic mass is 10.0. The van der Waals surface area contributed by atoms with E-state index in [9.17, 15) is 4.79 Å². The summed E-state index contributed by atoms with van der Waals surface area (Å²) in [6, 6.07) is 2.02. The fourth-order valence-electron chi connectivity index (χ4n) is 1.89. The molecule has 1 aliphatic heterocycles. The van der Waals surface area contributed by atoms with Crippen LogP contribution in [-0.2, 0) is 9.53 Å². The number of amides is 1. The van der Waals surface area contributed by atoms with Crippen LogP contribution < -0.4 is 0 Å².